The average Bonchev–Trinajstić information content (AvgIpc) is 2.66. The second kappa shape index (κ2) is 5.27. The monoisotopic (exact) mass is 340 g/mol. The van der Waals surface area contributed by atoms with Crippen LogP contribution in [0.1, 0.15) is 10.4 Å². The molecule has 0 saturated heterocycles. The molecule has 0 aliphatic heterocycles. The lowest BCUT2D eigenvalue weighted by Gasteiger charge is -2.14. The Morgan fingerprint density at radius 1 is 0.731 bits per heavy atom. The molecule has 0 aliphatic carbocycles. The summed E-state index contributed by atoms with van der Waals surface area (Å²) in [5, 5.41) is 15.7. The van der Waals surface area contributed by atoms with Gasteiger partial charge in [0.05, 0.1) is 5.56 Å². The van der Waals surface area contributed by atoms with Crippen molar-refractivity contribution in [2.45, 2.75) is 0 Å². The number of rotatable bonds is 2. The van der Waals surface area contributed by atoms with E-state index < -0.39 is 11.8 Å². The molecular weight excluding hydrogens is 327 g/mol. The molecule has 5 aromatic carbocycles. The van der Waals surface area contributed by atoms with Crippen LogP contribution in [0.2, 0.25) is 0 Å². The minimum Gasteiger partial charge on any atom is -0.478 e. The van der Waals surface area contributed by atoms with Gasteiger partial charge in [-0.05, 0) is 50.0 Å². The first kappa shape index (κ1) is 14.8. The van der Waals surface area contributed by atoms with E-state index in [0.717, 1.165) is 38.6 Å². The summed E-state index contributed by atoms with van der Waals surface area (Å²) in [4.78, 5) is 11.1. The lowest BCUT2D eigenvalue weighted by Crippen LogP contribution is -1.98. The van der Waals surface area contributed by atoms with E-state index in [1.165, 1.54) is 11.5 Å². The van der Waals surface area contributed by atoms with Crippen molar-refractivity contribution in [1.82, 2.24) is 0 Å². The van der Waals surface area contributed by atoms with Gasteiger partial charge in [-0.15, -0.1) is 0 Å². The number of benzene rings is 5. The Kier molecular flexibility index (Phi) is 3.01. The first-order valence-electron chi connectivity index (χ1n) is 8.33. The Morgan fingerprint density at radius 2 is 1.35 bits per heavy atom. The highest BCUT2D eigenvalue weighted by atomic mass is 19.1. The summed E-state index contributed by atoms with van der Waals surface area (Å²) in [5.41, 5.74) is 1.13. The lowest BCUT2D eigenvalue weighted by molar-refractivity contribution is 0.0696. The van der Waals surface area contributed by atoms with Gasteiger partial charge >= 0.3 is 5.97 Å². The van der Waals surface area contributed by atoms with Gasteiger partial charge < -0.3 is 5.11 Å². The number of carbonyl (C=O) groups is 1. The zero-order valence-electron chi connectivity index (χ0n) is 13.7. The molecule has 0 unspecified atom stereocenters. The van der Waals surface area contributed by atoms with E-state index >= 15 is 0 Å². The number of hydrogen-bond acceptors (Lipinski definition) is 1. The standard InChI is InChI=1S/C23H13FO2/c24-20-12-16(23(25)26)8-10-18(20)17-9-6-15-5-4-13-2-1-3-14-7-11-19(17)22(15)21(13)14/h1-12H,(H,25,26). The maximum atomic E-state index is 14.7. The highest BCUT2D eigenvalue weighted by Crippen LogP contribution is 2.39. The molecule has 0 aliphatic rings. The molecule has 0 radical (unpaired) electrons. The van der Waals surface area contributed by atoms with Gasteiger partial charge in [-0.3, -0.25) is 0 Å². The first-order chi connectivity index (χ1) is 12.6. The van der Waals surface area contributed by atoms with Crippen molar-refractivity contribution >= 4 is 38.3 Å². The molecule has 3 heteroatoms. The average molecular weight is 340 g/mol. The van der Waals surface area contributed by atoms with Gasteiger partial charge in [-0.25, -0.2) is 9.18 Å². The van der Waals surface area contributed by atoms with Crippen molar-refractivity contribution in [2.75, 3.05) is 0 Å². The summed E-state index contributed by atoms with van der Waals surface area (Å²) in [6, 6.07) is 22.4. The van der Waals surface area contributed by atoms with Crippen LogP contribution in [-0.2, 0) is 0 Å². The molecular formula is C23H13FO2. The van der Waals surface area contributed by atoms with Crippen LogP contribution in [0, 0.1) is 5.82 Å². The van der Waals surface area contributed by atoms with Crippen LogP contribution in [0.25, 0.3) is 43.4 Å². The first-order valence-corrected chi connectivity index (χ1v) is 8.33. The number of carboxylic acids is 1. The molecule has 26 heavy (non-hydrogen) atoms. The Labute approximate surface area is 148 Å². The van der Waals surface area contributed by atoms with Gasteiger partial charge in [-0.1, -0.05) is 60.7 Å². The van der Waals surface area contributed by atoms with Gasteiger partial charge in [0.25, 0.3) is 0 Å². The molecule has 0 fully saturated rings. The van der Waals surface area contributed by atoms with Gasteiger partial charge in [0.2, 0.25) is 0 Å². The highest BCUT2D eigenvalue weighted by molar-refractivity contribution is 6.25. The van der Waals surface area contributed by atoms with Crippen molar-refractivity contribution in [3.05, 3.63) is 84.2 Å². The van der Waals surface area contributed by atoms with Gasteiger partial charge in [0.15, 0.2) is 0 Å². The Morgan fingerprint density at radius 3 is 2.04 bits per heavy atom. The Balaban J connectivity index is 1.88. The normalized spacial score (nSPS) is 11.6. The summed E-state index contributed by atoms with van der Waals surface area (Å²) in [7, 11) is 0. The summed E-state index contributed by atoms with van der Waals surface area (Å²) >= 11 is 0. The molecule has 0 saturated carbocycles. The minimum absolute atomic E-state index is 0.0519. The van der Waals surface area contributed by atoms with Gasteiger partial charge in [0, 0.05) is 5.56 Å². The minimum atomic E-state index is -1.13. The zero-order valence-corrected chi connectivity index (χ0v) is 13.7. The fraction of sp³-hybridized carbons (Fsp3) is 0. The predicted octanol–water partition coefficient (Wildman–Crippen LogP) is 6.09. The van der Waals surface area contributed by atoms with Crippen LogP contribution in [-0.4, -0.2) is 11.1 Å². The molecule has 0 amide bonds. The van der Waals surface area contributed by atoms with Crippen molar-refractivity contribution in [1.29, 1.82) is 0 Å². The molecule has 0 spiro atoms. The van der Waals surface area contributed by atoms with Crippen LogP contribution < -0.4 is 0 Å². The van der Waals surface area contributed by atoms with Crippen LogP contribution >= 0.6 is 0 Å². The van der Waals surface area contributed by atoms with Gasteiger partial charge in [-0.2, -0.15) is 0 Å². The second-order valence-electron chi connectivity index (χ2n) is 6.47. The number of hydrogen-bond donors (Lipinski definition) is 1. The molecule has 5 rings (SSSR count). The summed E-state index contributed by atoms with van der Waals surface area (Å²) in [5.74, 6) is -1.66. The maximum absolute atomic E-state index is 14.7. The number of carboxylic acid groups (broad SMARTS) is 1. The van der Waals surface area contributed by atoms with Crippen LogP contribution in [0.5, 0.6) is 0 Å². The third kappa shape index (κ3) is 2.01. The Hall–Kier alpha value is -3.46. The van der Waals surface area contributed by atoms with E-state index in [9.17, 15) is 9.18 Å². The Bertz CT molecular complexity index is 1300. The van der Waals surface area contributed by atoms with Crippen LogP contribution in [0.4, 0.5) is 4.39 Å². The molecule has 0 atom stereocenters. The van der Waals surface area contributed by atoms with Crippen molar-refractivity contribution in [3.8, 4) is 11.1 Å². The van der Waals surface area contributed by atoms with E-state index in [1.807, 2.05) is 24.3 Å². The van der Waals surface area contributed by atoms with E-state index in [2.05, 4.69) is 30.3 Å². The third-order valence-corrected chi connectivity index (χ3v) is 5.03. The summed E-state index contributed by atoms with van der Waals surface area (Å²) in [6.07, 6.45) is 0. The molecule has 2 nitrogen and oxygen atoms in total. The van der Waals surface area contributed by atoms with E-state index in [1.54, 1.807) is 6.07 Å². The van der Waals surface area contributed by atoms with Crippen LogP contribution in [0.3, 0.4) is 0 Å². The molecule has 5 aromatic rings. The maximum Gasteiger partial charge on any atom is 0.335 e. The van der Waals surface area contributed by atoms with Crippen molar-refractivity contribution in [3.63, 3.8) is 0 Å². The number of aromatic carboxylic acids is 1. The quantitative estimate of drug-likeness (QED) is 0.395. The molecule has 0 bridgehead atoms. The second-order valence-corrected chi connectivity index (χ2v) is 6.47. The van der Waals surface area contributed by atoms with E-state index in [0.29, 0.717) is 5.56 Å². The van der Waals surface area contributed by atoms with Crippen LogP contribution in [0.15, 0.2) is 72.8 Å². The largest absolute Gasteiger partial charge is 0.478 e. The zero-order chi connectivity index (χ0) is 17.8. The topological polar surface area (TPSA) is 37.3 Å². The summed E-state index contributed by atoms with van der Waals surface area (Å²) < 4.78 is 14.7. The SMILES string of the molecule is O=C(O)c1ccc(-c2ccc3ccc4cccc5ccc2c3c45)c(F)c1. The molecule has 1 N–H and O–H groups in total. The van der Waals surface area contributed by atoms with E-state index in [-0.39, 0.29) is 5.56 Å². The van der Waals surface area contributed by atoms with Crippen molar-refractivity contribution in [2.24, 2.45) is 0 Å². The predicted molar refractivity (Wildman–Crippen MR) is 102 cm³/mol. The molecule has 0 heterocycles. The van der Waals surface area contributed by atoms with E-state index in [4.69, 9.17) is 5.11 Å². The fourth-order valence-electron chi connectivity index (χ4n) is 3.84. The smallest absolute Gasteiger partial charge is 0.335 e. The highest BCUT2D eigenvalue weighted by Gasteiger charge is 2.15. The lowest BCUT2D eigenvalue weighted by atomic mass is 9.89. The summed E-state index contributed by atoms with van der Waals surface area (Å²) in [6.45, 7) is 0. The molecule has 124 valence electrons. The fourth-order valence-corrected chi connectivity index (χ4v) is 3.84. The number of halogens is 1. The molecule has 0 aromatic heterocycles. The van der Waals surface area contributed by atoms with Gasteiger partial charge in [0.1, 0.15) is 5.82 Å². The van der Waals surface area contributed by atoms with Crippen molar-refractivity contribution < 1.29 is 14.3 Å². The third-order valence-electron chi connectivity index (χ3n) is 5.03.